The number of nitrogens with zero attached hydrogens (tertiary/aromatic N) is 2. The number of anilines is 1. The molecule has 0 aromatic heterocycles. The topological polar surface area (TPSA) is 93.2 Å². The van der Waals surface area contributed by atoms with Gasteiger partial charge >= 0.3 is 5.97 Å². The number of sulfonamides is 1. The maximum absolute atomic E-state index is 13.5. The van der Waals surface area contributed by atoms with Crippen molar-refractivity contribution in [2.75, 3.05) is 25.1 Å². The summed E-state index contributed by atoms with van der Waals surface area (Å²) in [5.41, 5.74) is 0.921. The molecule has 0 fully saturated rings. The van der Waals surface area contributed by atoms with Crippen molar-refractivity contribution < 1.29 is 31.9 Å². The number of rotatable bonds is 7. The number of carbonyl (C=O) groups excluding carboxylic acids is 2. The molecular formula is C25H23FN2O6S. The smallest absolute Gasteiger partial charge is 0.348 e. The Morgan fingerprint density at radius 2 is 1.69 bits per heavy atom. The molecule has 1 atom stereocenters. The molecule has 4 rings (SSSR count). The summed E-state index contributed by atoms with van der Waals surface area (Å²) in [6.45, 7) is -0.815. The van der Waals surface area contributed by atoms with Gasteiger partial charge in [0.15, 0.2) is 0 Å². The summed E-state index contributed by atoms with van der Waals surface area (Å²) < 4.78 is 51.8. The van der Waals surface area contributed by atoms with E-state index in [0.717, 1.165) is 4.31 Å². The van der Waals surface area contributed by atoms with Gasteiger partial charge in [-0.05, 0) is 42.0 Å². The zero-order valence-corrected chi connectivity index (χ0v) is 19.7. The molecule has 0 saturated carbocycles. The number of para-hydroxylation sites is 2. The van der Waals surface area contributed by atoms with Crippen molar-refractivity contribution >= 4 is 27.6 Å². The SMILES string of the molecule is COC(=O)[C@@H]1CN(C(=O)CN(Cc2ccc(F)cc2)S(=O)(=O)c2ccccc2)c2ccccc2O1. The average Bonchev–Trinajstić information content (AvgIpc) is 2.88. The highest BCUT2D eigenvalue weighted by Gasteiger charge is 2.36. The third-order valence-electron chi connectivity index (χ3n) is 5.50. The van der Waals surface area contributed by atoms with Gasteiger partial charge in [0.25, 0.3) is 0 Å². The van der Waals surface area contributed by atoms with Gasteiger partial charge in [0.05, 0.1) is 30.8 Å². The van der Waals surface area contributed by atoms with E-state index in [-0.39, 0.29) is 18.0 Å². The van der Waals surface area contributed by atoms with Crippen molar-refractivity contribution in [3.8, 4) is 5.75 Å². The van der Waals surface area contributed by atoms with Crippen LogP contribution in [0.2, 0.25) is 0 Å². The molecular weight excluding hydrogens is 475 g/mol. The van der Waals surface area contributed by atoms with Crippen molar-refractivity contribution in [1.82, 2.24) is 4.31 Å². The predicted octanol–water partition coefficient (Wildman–Crippen LogP) is 2.98. The van der Waals surface area contributed by atoms with Crippen molar-refractivity contribution in [3.05, 3.63) is 90.2 Å². The lowest BCUT2D eigenvalue weighted by Gasteiger charge is -2.34. The maximum Gasteiger partial charge on any atom is 0.348 e. The van der Waals surface area contributed by atoms with Crippen LogP contribution in [0.5, 0.6) is 5.75 Å². The largest absolute Gasteiger partial charge is 0.475 e. The van der Waals surface area contributed by atoms with Gasteiger partial charge in [-0.15, -0.1) is 0 Å². The average molecular weight is 499 g/mol. The Kier molecular flexibility index (Phi) is 7.13. The molecule has 182 valence electrons. The maximum atomic E-state index is 13.5. The van der Waals surface area contributed by atoms with E-state index in [1.54, 1.807) is 42.5 Å². The molecule has 0 radical (unpaired) electrons. The molecule has 35 heavy (non-hydrogen) atoms. The van der Waals surface area contributed by atoms with Gasteiger partial charge in [-0.2, -0.15) is 4.31 Å². The second kappa shape index (κ2) is 10.2. The van der Waals surface area contributed by atoms with Crippen LogP contribution in [-0.4, -0.2) is 50.9 Å². The lowest BCUT2D eigenvalue weighted by molar-refractivity contribution is -0.148. The summed E-state index contributed by atoms with van der Waals surface area (Å²) in [7, 11) is -2.87. The summed E-state index contributed by atoms with van der Waals surface area (Å²) in [5, 5.41) is 0. The molecule has 1 aliphatic rings. The molecule has 0 N–H and O–H groups in total. The predicted molar refractivity (Wildman–Crippen MR) is 126 cm³/mol. The molecule has 1 amide bonds. The van der Waals surface area contributed by atoms with E-state index >= 15 is 0 Å². The van der Waals surface area contributed by atoms with E-state index in [1.165, 1.54) is 48.4 Å². The Morgan fingerprint density at radius 1 is 1.03 bits per heavy atom. The zero-order chi connectivity index (χ0) is 25.0. The van der Waals surface area contributed by atoms with Crippen molar-refractivity contribution in [2.45, 2.75) is 17.5 Å². The van der Waals surface area contributed by atoms with Crippen molar-refractivity contribution in [2.24, 2.45) is 0 Å². The monoisotopic (exact) mass is 498 g/mol. The molecule has 1 heterocycles. The fraction of sp³-hybridized carbons (Fsp3) is 0.200. The fourth-order valence-electron chi connectivity index (χ4n) is 3.72. The molecule has 3 aromatic rings. The summed E-state index contributed by atoms with van der Waals surface area (Å²) in [6.07, 6.45) is -1.06. The van der Waals surface area contributed by atoms with Crippen LogP contribution in [0.3, 0.4) is 0 Å². The van der Waals surface area contributed by atoms with Gasteiger partial charge in [-0.1, -0.05) is 42.5 Å². The van der Waals surface area contributed by atoms with Crippen LogP contribution in [0.15, 0.2) is 83.8 Å². The highest BCUT2D eigenvalue weighted by Crippen LogP contribution is 2.34. The van der Waals surface area contributed by atoms with E-state index in [2.05, 4.69) is 0 Å². The Hall–Kier alpha value is -3.76. The van der Waals surface area contributed by atoms with Gasteiger partial charge in [0, 0.05) is 6.54 Å². The Morgan fingerprint density at radius 3 is 2.37 bits per heavy atom. The van der Waals surface area contributed by atoms with Gasteiger partial charge in [-0.3, -0.25) is 4.79 Å². The van der Waals surface area contributed by atoms with Crippen LogP contribution in [0.4, 0.5) is 10.1 Å². The number of esters is 1. The van der Waals surface area contributed by atoms with Gasteiger partial charge < -0.3 is 14.4 Å². The number of fused-ring (bicyclic) bond motifs is 1. The first kappa shape index (κ1) is 24.4. The first-order valence-corrected chi connectivity index (χ1v) is 12.2. The van der Waals surface area contributed by atoms with Crippen molar-refractivity contribution in [1.29, 1.82) is 0 Å². The first-order chi connectivity index (χ1) is 16.8. The molecule has 0 bridgehead atoms. The number of methoxy groups -OCH3 is 1. The van der Waals surface area contributed by atoms with E-state index in [0.29, 0.717) is 17.0 Å². The van der Waals surface area contributed by atoms with E-state index in [1.807, 2.05) is 0 Å². The minimum Gasteiger partial charge on any atom is -0.475 e. The molecule has 0 unspecified atom stereocenters. The second-order valence-electron chi connectivity index (χ2n) is 7.81. The Bertz CT molecular complexity index is 1320. The molecule has 3 aromatic carbocycles. The molecule has 10 heteroatoms. The third-order valence-corrected chi connectivity index (χ3v) is 7.31. The third kappa shape index (κ3) is 5.33. The van der Waals surface area contributed by atoms with Gasteiger partial charge in [-0.25, -0.2) is 17.6 Å². The van der Waals surface area contributed by atoms with E-state index in [4.69, 9.17) is 9.47 Å². The Labute approximate surface area is 202 Å². The molecule has 0 aliphatic carbocycles. The van der Waals surface area contributed by atoms with Crippen LogP contribution < -0.4 is 9.64 Å². The van der Waals surface area contributed by atoms with Crippen LogP contribution in [0, 0.1) is 5.82 Å². The molecule has 0 saturated heterocycles. The van der Waals surface area contributed by atoms with Crippen LogP contribution in [0.1, 0.15) is 5.56 Å². The summed E-state index contributed by atoms with van der Waals surface area (Å²) in [6, 6.07) is 19.8. The summed E-state index contributed by atoms with van der Waals surface area (Å²) in [5.74, 6) is -1.37. The molecule has 8 nitrogen and oxygen atoms in total. The quantitative estimate of drug-likeness (QED) is 0.465. The molecule has 1 aliphatic heterocycles. The second-order valence-corrected chi connectivity index (χ2v) is 9.75. The highest BCUT2D eigenvalue weighted by molar-refractivity contribution is 7.89. The lowest BCUT2D eigenvalue weighted by atomic mass is 10.1. The number of ether oxygens (including phenoxy) is 2. The first-order valence-electron chi connectivity index (χ1n) is 10.7. The van der Waals surface area contributed by atoms with Gasteiger partial charge in [0.1, 0.15) is 11.6 Å². The highest BCUT2D eigenvalue weighted by atomic mass is 32.2. The summed E-state index contributed by atoms with van der Waals surface area (Å²) in [4.78, 5) is 27.0. The number of carbonyl (C=O) groups is 2. The zero-order valence-electron chi connectivity index (χ0n) is 18.8. The summed E-state index contributed by atoms with van der Waals surface area (Å²) >= 11 is 0. The van der Waals surface area contributed by atoms with Gasteiger partial charge in [0.2, 0.25) is 22.0 Å². The standard InChI is InChI=1S/C25H23FN2O6S/c1-33-25(30)23-16-28(21-9-5-6-10-22(21)34-23)24(29)17-27(15-18-11-13-19(26)14-12-18)35(31,32)20-7-3-2-4-8-20/h2-14,23H,15-17H2,1H3/t23-/m0/s1. The van der Waals surface area contributed by atoms with Crippen LogP contribution >= 0.6 is 0 Å². The Balaban J connectivity index is 1.67. The van der Waals surface area contributed by atoms with Crippen LogP contribution in [-0.2, 0) is 30.9 Å². The number of benzene rings is 3. The molecule has 0 spiro atoms. The van der Waals surface area contributed by atoms with Crippen LogP contribution in [0.25, 0.3) is 0 Å². The normalized spacial score (nSPS) is 15.3. The number of hydrogen-bond donors (Lipinski definition) is 0. The minimum absolute atomic E-state index is 0.0183. The number of amides is 1. The number of hydrogen-bond acceptors (Lipinski definition) is 6. The van der Waals surface area contributed by atoms with Crippen molar-refractivity contribution in [3.63, 3.8) is 0 Å². The van der Waals surface area contributed by atoms with E-state index in [9.17, 15) is 22.4 Å². The lowest BCUT2D eigenvalue weighted by Crippen LogP contribution is -2.50. The minimum atomic E-state index is -4.09. The van der Waals surface area contributed by atoms with E-state index < -0.39 is 40.4 Å². The number of halogens is 1. The fourth-order valence-corrected chi connectivity index (χ4v) is 5.12.